The van der Waals surface area contributed by atoms with Crippen molar-refractivity contribution in [2.45, 2.75) is 32.2 Å². The van der Waals surface area contributed by atoms with Gasteiger partial charge >= 0.3 is 0 Å². The summed E-state index contributed by atoms with van der Waals surface area (Å²) >= 11 is 0. The van der Waals surface area contributed by atoms with Crippen LogP contribution in [-0.4, -0.2) is 17.7 Å². The quantitative estimate of drug-likeness (QED) is 0.245. The highest BCUT2D eigenvalue weighted by Crippen LogP contribution is 2.44. The molecule has 0 radical (unpaired) electrons. The Hall–Kier alpha value is -3.47. The van der Waals surface area contributed by atoms with Crippen LogP contribution in [0.15, 0.2) is 109 Å². The zero-order valence-electron chi connectivity index (χ0n) is 20.2. The lowest BCUT2D eigenvalue weighted by Crippen LogP contribution is -2.43. The molecule has 34 heavy (non-hydrogen) atoms. The van der Waals surface area contributed by atoms with Crippen LogP contribution in [0.2, 0.25) is 19.6 Å². The van der Waals surface area contributed by atoms with Gasteiger partial charge in [-0.05, 0) is 49.8 Å². The summed E-state index contributed by atoms with van der Waals surface area (Å²) in [6.07, 6.45) is 2.09. The molecule has 0 aliphatic carbocycles. The molecule has 3 nitrogen and oxygen atoms in total. The fourth-order valence-corrected chi connectivity index (χ4v) is 5.87. The van der Waals surface area contributed by atoms with Gasteiger partial charge in [0, 0.05) is 11.8 Å². The van der Waals surface area contributed by atoms with Crippen LogP contribution >= 0.6 is 0 Å². The van der Waals surface area contributed by atoms with Gasteiger partial charge in [-0.25, -0.2) is 4.98 Å². The van der Waals surface area contributed by atoms with Crippen molar-refractivity contribution in [3.8, 4) is 11.4 Å². The number of benzene rings is 3. The molecule has 4 heteroatoms. The molecular formula is C30H30N2OSi. The predicted octanol–water partition coefficient (Wildman–Crippen LogP) is 7.45. The molecule has 0 saturated carbocycles. The van der Waals surface area contributed by atoms with E-state index in [1.807, 2.05) is 0 Å². The molecule has 2 heterocycles. The van der Waals surface area contributed by atoms with Gasteiger partial charge in [0.05, 0.1) is 5.52 Å². The monoisotopic (exact) mass is 462 g/mol. The molecule has 5 rings (SSSR count). The molecule has 0 unspecified atom stereocenters. The number of fused-ring (bicyclic) bond motifs is 1. The van der Waals surface area contributed by atoms with Crippen molar-refractivity contribution < 1.29 is 4.43 Å². The topological polar surface area (TPSA) is 26.5 Å². The Morgan fingerprint density at radius 3 is 1.82 bits per heavy atom. The number of hydrogen-bond acceptors (Lipinski definition) is 2. The molecule has 3 aromatic carbocycles. The second-order valence-electron chi connectivity index (χ2n) is 9.73. The summed E-state index contributed by atoms with van der Waals surface area (Å²) in [6.45, 7) is 8.84. The number of rotatable bonds is 6. The van der Waals surface area contributed by atoms with E-state index < -0.39 is 13.9 Å². The summed E-state index contributed by atoms with van der Waals surface area (Å²) in [5.41, 5.74) is 5.62. The highest BCUT2D eigenvalue weighted by Gasteiger charge is 2.44. The summed E-state index contributed by atoms with van der Waals surface area (Å²) < 4.78 is 9.41. The first-order valence-corrected chi connectivity index (χ1v) is 15.2. The standard InChI is InChI=1S/C30H30N2OSi/c1-23-18-20-24(21-19-23)29-31-28(27-17-11-12-22-32(27)29)30(33-34(2,3)4,25-13-7-5-8-14-25)26-15-9-6-10-16-26/h5-22H,1-4H3. The highest BCUT2D eigenvalue weighted by atomic mass is 28.4. The Bertz CT molecular complexity index is 1360. The first-order chi connectivity index (χ1) is 16.4. The summed E-state index contributed by atoms with van der Waals surface area (Å²) in [5, 5.41) is 0. The van der Waals surface area contributed by atoms with E-state index in [4.69, 9.17) is 9.41 Å². The molecule has 0 N–H and O–H groups in total. The van der Waals surface area contributed by atoms with Crippen LogP contribution in [0, 0.1) is 6.92 Å². The first kappa shape index (κ1) is 22.3. The zero-order chi connectivity index (χ0) is 23.8. The zero-order valence-corrected chi connectivity index (χ0v) is 21.2. The van der Waals surface area contributed by atoms with E-state index in [1.165, 1.54) is 5.56 Å². The minimum Gasteiger partial charge on any atom is -0.399 e. The van der Waals surface area contributed by atoms with Crippen molar-refractivity contribution in [3.63, 3.8) is 0 Å². The second-order valence-corrected chi connectivity index (χ2v) is 14.2. The Labute approximate surface area is 202 Å². The largest absolute Gasteiger partial charge is 0.399 e. The van der Waals surface area contributed by atoms with Gasteiger partial charge in [0.2, 0.25) is 0 Å². The van der Waals surface area contributed by atoms with Gasteiger partial charge in [-0.1, -0.05) is 96.6 Å². The van der Waals surface area contributed by atoms with E-state index in [-0.39, 0.29) is 0 Å². The number of pyridine rings is 1. The van der Waals surface area contributed by atoms with Crippen LogP contribution in [0.4, 0.5) is 0 Å². The second kappa shape index (κ2) is 8.71. The van der Waals surface area contributed by atoms with Gasteiger partial charge in [-0.3, -0.25) is 4.40 Å². The van der Waals surface area contributed by atoms with Crippen LogP contribution in [0.1, 0.15) is 22.4 Å². The molecule has 0 aliphatic heterocycles. The Morgan fingerprint density at radius 1 is 0.706 bits per heavy atom. The number of aryl methyl sites for hydroxylation is 1. The predicted molar refractivity (Wildman–Crippen MR) is 143 cm³/mol. The number of hydrogen-bond donors (Lipinski definition) is 0. The Balaban J connectivity index is 1.89. The van der Waals surface area contributed by atoms with E-state index in [1.54, 1.807) is 0 Å². The molecule has 0 fully saturated rings. The van der Waals surface area contributed by atoms with Gasteiger partial charge in [-0.15, -0.1) is 0 Å². The van der Waals surface area contributed by atoms with Crippen molar-refractivity contribution in [2.24, 2.45) is 0 Å². The van der Waals surface area contributed by atoms with Crippen molar-refractivity contribution >= 4 is 13.8 Å². The molecular weight excluding hydrogens is 432 g/mol. The lowest BCUT2D eigenvalue weighted by Gasteiger charge is -2.39. The molecule has 0 bridgehead atoms. The molecule has 5 aromatic rings. The van der Waals surface area contributed by atoms with E-state index >= 15 is 0 Å². The maximum absolute atomic E-state index is 7.22. The minimum absolute atomic E-state index is 0.831. The van der Waals surface area contributed by atoms with E-state index in [2.05, 4.69) is 140 Å². The molecule has 170 valence electrons. The minimum atomic E-state index is -2.06. The normalized spacial score (nSPS) is 12.2. The highest BCUT2D eigenvalue weighted by molar-refractivity contribution is 6.69. The summed E-state index contributed by atoms with van der Waals surface area (Å²) in [5.74, 6) is 0.918. The summed E-state index contributed by atoms with van der Waals surface area (Å²) in [6, 6.07) is 35.9. The molecule has 0 atom stereocenters. The Morgan fingerprint density at radius 2 is 1.26 bits per heavy atom. The van der Waals surface area contributed by atoms with Crippen molar-refractivity contribution in [1.82, 2.24) is 9.38 Å². The van der Waals surface area contributed by atoms with Crippen LogP contribution < -0.4 is 0 Å². The summed E-state index contributed by atoms with van der Waals surface area (Å²) in [4.78, 5) is 5.36. The van der Waals surface area contributed by atoms with Gasteiger partial charge in [0.25, 0.3) is 0 Å². The maximum atomic E-state index is 7.22. The smallest absolute Gasteiger partial charge is 0.185 e. The van der Waals surface area contributed by atoms with E-state index in [0.29, 0.717) is 0 Å². The third-order valence-corrected chi connectivity index (χ3v) is 6.93. The van der Waals surface area contributed by atoms with Gasteiger partial charge in [-0.2, -0.15) is 0 Å². The lowest BCUT2D eigenvalue weighted by atomic mass is 9.83. The van der Waals surface area contributed by atoms with E-state index in [0.717, 1.165) is 33.7 Å². The van der Waals surface area contributed by atoms with Crippen molar-refractivity contribution in [1.29, 1.82) is 0 Å². The van der Waals surface area contributed by atoms with Gasteiger partial charge in [0.15, 0.2) is 13.9 Å². The van der Waals surface area contributed by atoms with E-state index in [9.17, 15) is 0 Å². The molecule has 0 saturated heterocycles. The van der Waals surface area contributed by atoms with Crippen molar-refractivity contribution in [3.05, 3.63) is 132 Å². The molecule has 2 aromatic heterocycles. The fourth-order valence-electron chi connectivity index (χ4n) is 4.61. The van der Waals surface area contributed by atoms with Gasteiger partial charge in [0.1, 0.15) is 11.5 Å². The SMILES string of the molecule is Cc1ccc(-c2nc(C(O[Si](C)(C)C)(c3ccccc3)c3ccccc3)c3ccccn23)cc1. The third kappa shape index (κ3) is 4.00. The van der Waals surface area contributed by atoms with Crippen LogP contribution in [0.3, 0.4) is 0 Å². The van der Waals surface area contributed by atoms with Crippen molar-refractivity contribution in [2.75, 3.05) is 0 Å². The van der Waals surface area contributed by atoms with Crippen LogP contribution in [-0.2, 0) is 10.0 Å². The first-order valence-electron chi connectivity index (χ1n) is 11.7. The summed E-state index contributed by atoms with van der Waals surface area (Å²) in [7, 11) is -2.06. The molecule has 0 spiro atoms. The number of aromatic nitrogens is 2. The maximum Gasteiger partial charge on any atom is 0.185 e. The van der Waals surface area contributed by atoms with Gasteiger partial charge < -0.3 is 4.43 Å². The fraction of sp³-hybridized carbons (Fsp3) is 0.167. The Kier molecular flexibility index (Phi) is 5.72. The van der Waals surface area contributed by atoms with Crippen LogP contribution in [0.25, 0.3) is 16.9 Å². The number of imidazole rings is 1. The third-order valence-electron chi connectivity index (χ3n) is 6.01. The average Bonchev–Trinajstić information content (AvgIpc) is 3.24. The average molecular weight is 463 g/mol. The lowest BCUT2D eigenvalue weighted by molar-refractivity contribution is 0.144. The molecule has 0 aliphatic rings. The molecule has 0 amide bonds. The van der Waals surface area contributed by atoms with Crippen LogP contribution in [0.5, 0.6) is 0 Å². The number of nitrogens with zero attached hydrogens (tertiary/aromatic N) is 2.